The lowest BCUT2D eigenvalue weighted by Crippen LogP contribution is -2.41. The van der Waals surface area contributed by atoms with E-state index in [-0.39, 0.29) is 5.54 Å². The molecule has 0 atom stereocenters. The van der Waals surface area contributed by atoms with Crippen LogP contribution in [0, 0.1) is 6.92 Å². The van der Waals surface area contributed by atoms with Crippen LogP contribution in [0.4, 0.5) is 5.82 Å². The van der Waals surface area contributed by atoms with Gasteiger partial charge in [-0.25, -0.2) is 4.98 Å². The molecule has 1 heterocycles. The molecule has 0 unspecified atom stereocenters. The minimum Gasteiger partial charge on any atom is -0.354 e. The lowest BCUT2D eigenvalue weighted by atomic mass is 9.98. The average Bonchev–Trinajstić information content (AvgIpc) is 2.27. The molecule has 0 fully saturated rings. The van der Waals surface area contributed by atoms with Gasteiger partial charge in [0.2, 0.25) is 0 Å². The van der Waals surface area contributed by atoms with Crippen molar-refractivity contribution in [2.24, 2.45) is 5.73 Å². The maximum absolute atomic E-state index is 5.81. The van der Waals surface area contributed by atoms with Gasteiger partial charge in [-0.05, 0) is 38.8 Å². The van der Waals surface area contributed by atoms with Gasteiger partial charge in [-0.3, -0.25) is 0 Å². The number of nitrogens with two attached hydrogens (primary N) is 1. The molecule has 0 saturated heterocycles. The maximum Gasteiger partial charge on any atom is 0.133 e. The number of anilines is 1. The summed E-state index contributed by atoms with van der Waals surface area (Å²) in [6.45, 7) is 9.25. The van der Waals surface area contributed by atoms with Crippen LogP contribution in [0.15, 0.2) is 12.3 Å². The highest BCUT2D eigenvalue weighted by Gasteiger charge is 2.24. The maximum atomic E-state index is 5.81. The van der Waals surface area contributed by atoms with Gasteiger partial charge in [0.25, 0.3) is 0 Å². The van der Waals surface area contributed by atoms with Crippen LogP contribution in [-0.4, -0.2) is 17.6 Å². The van der Waals surface area contributed by atoms with Gasteiger partial charge in [-0.1, -0.05) is 6.92 Å². The largest absolute Gasteiger partial charge is 0.354 e. The van der Waals surface area contributed by atoms with Gasteiger partial charge in [-0.2, -0.15) is 0 Å². The molecule has 3 heteroatoms. The summed E-state index contributed by atoms with van der Waals surface area (Å²) < 4.78 is 0. The van der Waals surface area contributed by atoms with E-state index < -0.39 is 0 Å². The van der Waals surface area contributed by atoms with Gasteiger partial charge >= 0.3 is 0 Å². The van der Waals surface area contributed by atoms with Crippen molar-refractivity contribution in [1.29, 1.82) is 0 Å². The zero-order chi connectivity index (χ0) is 12.3. The minimum atomic E-state index is 0.102. The SMILES string of the molecule is CCC(C)(C)N(C)c1nccc(C)c1CN. The normalized spacial score (nSPS) is 11.6. The number of aryl methyl sites for hydroxylation is 1. The molecule has 16 heavy (non-hydrogen) atoms. The Kier molecular flexibility index (Phi) is 3.92. The van der Waals surface area contributed by atoms with Crippen molar-refractivity contribution in [3.63, 3.8) is 0 Å². The van der Waals surface area contributed by atoms with Crippen molar-refractivity contribution < 1.29 is 0 Å². The molecule has 0 aliphatic rings. The molecule has 1 aromatic rings. The number of hydrogen-bond donors (Lipinski definition) is 1. The molecular weight excluding hydrogens is 198 g/mol. The summed E-state index contributed by atoms with van der Waals surface area (Å²) in [7, 11) is 2.09. The fraction of sp³-hybridized carbons (Fsp3) is 0.615. The lowest BCUT2D eigenvalue weighted by molar-refractivity contribution is 0.466. The Hall–Kier alpha value is -1.09. The molecule has 0 aromatic carbocycles. The number of nitrogens with zero attached hydrogens (tertiary/aromatic N) is 2. The molecule has 0 spiro atoms. The van der Waals surface area contributed by atoms with E-state index in [2.05, 4.69) is 44.6 Å². The highest BCUT2D eigenvalue weighted by atomic mass is 15.2. The van der Waals surface area contributed by atoms with Gasteiger partial charge < -0.3 is 10.6 Å². The number of rotatable bonds is 4. The minimum absolute atomic E-state index is 0.102. The van der Waals surface area contributed by atoms with E-state index in [0.717, 1.165) is 17.8 Å². The first-order chi connectivity index (χ1) is 7.44. The van der Waals surface area contributed by atoms with Crippen LogP contribution in [-0.2, 0) is 6.54 Å². The van der Waals surface area contributed by atoms with Gasteiger partial charge in [0.1, 0.15) is 5.82 Å². The predicted molar refractivity (Wildman–Crippen MR) is 69.6 cm³/mol. The lowest BCUT2D eigenvalue weighted by Gasteiger charge is -2.37. The van der Waals surface area contributed by atoms with Crippen LogP contribution in [0.1, 0.15) is 38.3 Å². The molecule has 1 rings (SSSR count). The second kappa shape index (κ2) is 4.83. The highest BCUT2D eigenvalue weighted by Crippen LogP contribution is 2.27. The summed E-state index contributed by atoms with van der Waals surface area (Å²) in [4.78, 5) is 6.69. The Morgan fingerprint density at radius 3 is 2.56 bits per heavy atom. The van der Waals surface area contributed by atoms with Gasteiger partial charge in [0, 0.05) is 30.9 Å². The Morgan fingerprint density at radius 2 is 2.06 bits per heavy atom. The van der Waals surface area contributed by atoms with Crippen molar-refractivity contribution >= 4 is 5.82 Å². The first kappa shape index (κ1) is 13.0. The number of hydrogen-bond acceptors (Lipinski definition) is 3. The Bertz CT molecular complexity index is 358. The first-order valence-corrected chi connectivity index (χ1v) is 5.82. The van der Waals surface area contributed by atoms with Crippen LogP contribution in [0.2, 0.25) is 0 Å². The summed E-state index contributed by atoms with van der Waals surface area (Å²) in [5.41, 5.74) is 8.27. The summed E-state index contributed by atoms with van der Waals surface area (Å²) >= 11 is 0. The Morgan fingerprint density at radius 1 is 1.44 bits per heavy atom. The van der Waals surface area contributed by atoms with E-state index in [0.29, 0.717) is 6.54 Å². The zero-order valence-corrected chi connectivity index (χ0v) is 11.0. The second-order valence-electron chi connectivity index (χ2n) is 4.86. The molecule has 3 nitrogen and oxygen atoms in total. The van der Waals surface area contributed by atoms with Crippen molar-refractivity contribution in [2.75, 3.05) is 11.9 Å². The molecular formula is C13H23N3. The quantitative estimate of drug-likeness (QED) is 0.849. The summed E-state index contributed by atoms with van der Waals surface area (Å²) in [5.74, 6) is 1.01. The van der Waals surface area contributed by atoms with E-state index in [4.69, 9.17) is 5.73 Å². The summed E-state index contributed by atoms with van der Waals surface area (Å²) in [5, 5.41) is 0. The molecule has 0 radical (unpaired) electrons. The van der Waals surface area contributed by atoms with E-state index in [1.54, 1.807) is 0 Å². The van der Waals surface area contributed by atoms with E-state index in [1.807, 2.05) is 12.3 Å². The number of aromatic nitrogens is 1. The highest BCUT2D eigenvalue weighted by molar-refractivity contribution is 5.51. The monoisotopic (exact) mass is 221 g/mol. The summed E-state index contributed by atoms with van der Waals surface area (Å²) in [6.07, 6.45) is 2.93. The first-order valence-electron chi connectivity index (χ1n) is 5.82. The van der Waals surface area contributed by atoms with Gasteiger partial charge in [0.05, 0.1) is 0 Å². The average molecular weight is 221 g/mol. The smallest absolute Gasteiger partial charge is 0.133 e. The van der Waals surface area contributed by atoms with Crippen LogP contribution >= 0.6 is 0 Å². The molecule has 0 saturated carbocycles. The van der Waals surface area contributed by atoms with E-state index >= 15 is 0 Å². The van der Waals surface area contributed by atoms with Gasteiger partial charge in [-0.15, -0.1) is 0 Å². The Balaban J connectivity index is 3.18. The molecule has 0 amide bonds. The molecule has 0 aliphatic carbocycles. The molecule has 0 bridgehead atoms. The van der Waals surface area contributed by atoms with Crippen molar-refractivity contribution in [1.82, 2.24) is 4.98 Å². The third-order valence-corrected chi connectivity index (χ3v) is 3.56. The number of pyridine rings is 1. The van der Waals surface area contributed by atoms with E-state index in [9.17, 15) is 0 Å². The third kappa shape index (κ3) is 2.35. The van der Waals surface area contributed by atoms with Crippen LogP contribution in [0.5, 0.6) is 0 Å². The van der Waals surface area contributed by atoms with Crippen LogP contribution in [0.25, 0.3) is 0 Å². The standard InChI is InChI=1S/C13H23N3/c1-6-13(3,4)16(5)12-11(9-14)10(2)7-8-15-12/h7-8H,6,9,14H2,1-5H3. The summed E-state index contributed by atoms with van der Waals surface area (Å²) in [6, 6.07) is 2.01. The van der Waals surface area contributed by atoms with Crippen molar-refractivity contribution in [3.05, 3.63) is 23.4 Å². The topological polar surface area (TPSA) is 42.2 Å². The molecule has 1 aromatic heterocycles. The molecule has 2 N–H and O–H groups in total. The fourth-order valence-electron chi connectivity index (χ4n) is 1.64. The molecule has 90 valence electrons. The fourth-order valence-corrected chi connectivity index (χ4v) is 1.64. The third-order valence-electron chi connectivity index (χ3n) is 3.56. The van der Waals surface area contributed by atoms with E-state index in [1.165, 1.54) is 5.56 Å². The zero-order valence-electron chi connectivity index (χ0n) is 11.0. The van der Waals surface area contributed by atoms with Crippen LogP contribution < -0.4 is 10.6 Å². The van der Waals surface area contributed by atoms with Gasteiger partial charge in [0.15, 0.2) is 0 Å². The predicted octanol–water partition coefficient (Wildman–Crippen LogP) is 2.47. The Labute approximate surface area is 98.7 Å². The van der Waals surface area contributed by atoms with Crippen molar-refractivity contribution in [2.45, 2.75) is 46.2 Å². The van der Waals surface area contributed by atoms with Crippen LogP contribution in [0.3, 0.4) is 0 Å². The van der Waals surface area contributed by atoms with Crippen molar-refractivity contribution in [3.8, 4) is 0 Å². The second-order valence-corrected chi connectivity index (χ2v) is 4.86. The molecule has 0 aliphatic heterocycles.